The first-order valence-corrected chi connectivity index (χ1v) is 14.8. The van der Waals surface area contributed by atoms with Crippen LogP contribution in [0.4, 0.5) is 0 Å². The number of allylic oxidation sites excluding steroid dienone is 4. The fraction of sp³-hybridized carbons (Fsp3) is 0.308. The first-order chi connectivity index (χ1) is 21.2. The van der Waals surface area contributed by atoms with Gasteiger partial charge in [-0.2, -0.15) is 0 Å². The molecule has 0 atom stereocenters. The van der Waals surface area contributed by atoms with Gasteiger partial charge in [-0.1, -0.05) is 79.3 Å². The molecule has 0 aliphatic rings. The molecule has 0 radical (unpaired) electrons. The Morgan fingerprint density at radius 2 is 0.891 bits per heavy atom. The second-order valence-corrected chi connectivity index (χ2v) is 11.4. The van der Waals surface area contributed by atoms with Crippen LogP contribution < -0.4 is 14.2 Å². The molecule has 0 amide bonds. The van der Waals surface area contributed by atoms with E-state index in [0.29, 0.717) is 35.5 Å². The fourth-order valence-corrected chi connectivity index (χ4v) is 5.02. The lowest BCUT2D eigenvalue weighted by atomic mass is 9.96. The van der Waals surface area contributed by atoms with Crippen molar-refractivity contribution in [2.45, 2.75) is 82.6 Å². The van der Waals surface area contributed by atoms with Crippen LogP contribution in [0.2, 0.25) is 0 Å². The van der Waals surface area contributed by atoms with Gasteiger partial charge in [0.15, 0.2) is 0 Å². The molecular weight excluding hydrogens is 580 g/mol. The zero-order valence-corrected chi connectivity index (χ0v) is 27.6. The smallest absolute Gasteiger partial charge is 0.308 e. The summed E-state index contributed by atoms with van der Waals surface area (Å²) < 4.78 is 16.4. The summed E-state index contributed by atoms with van der Waals surface area (Å²) in [6.07, 6.45) is 5.33. The number of aromatic hydroxyl groups is 1. The van der Waals surface area contributed by atoms with E-state index in [-0.39, 0.29) is 31.1 Å². The molecule has 7 heteroatoms. The molecule has 0 unspecified atom stereocenters. The maximum Gasteiger partial charge on any atom is 0.308 e. The topological polar surface area (TPSA) is 99.1 Å². The van der Waals surface area contributed by atoms with E-state index in [1.54, 1.807) is 0 Å². The molecule has 0 aliphatic heterocycles. The van der Waals surface area contributed by atoms with E-state index in [0.717, 1.165) is 44.0 Å². The number of benzene rings is 4. The molecule has 4 aromatic carbocycles. The summed E-state index contributed by atoms with van der Waals surface area (Å²) in [7, 11) is 0. The molecule has 0 fully saturated rings. The van der Waals surface area contributed by atoms with Crippen molar-refractivity contribution in [2.24, 2.45) is 0 Å². The van der Waals surface area contributed by atoms with E-state index in [4.69, 9.17) is 14.2 Å². The van der Waals surface area contributed by atoms with Crippen LogP contribution in [-0.2, 0) is 27.2 Å². The molecular formula is C39H46O7. The Bertz CT molecular complexity index is 1820. The summed E-state index contributed by atoms with van der Waals surface area (Å²) >= 11 is 0. The van der Waals surface area contributed by atoms with Crippen LogP contribution in [0, 0.1) is 13.8 Å². The van der Waals surface area contributed by atoms with E-state index in [1.807, 2.05) is 90.1 Å². The monoisotopic (exact) mass is 626 g/mol. The Balaban J connectivity index is 0.000000316. The Kier molecular flexibility index (Phi) is 13.3. The normalized spacial score (nSPS) is 10.2. The van der Waals surface area contributed by atoms with Crippen molar-refractivity contribution in [3.8, 4) is 23.0 Å². The number of phenols is 1. The molecule has 0 saturated carbocycles. The van der Waals surface area contributed by atoms with Crippen molar-refractivity contribution >= 4 is 39.5 Å². The SMILES string of the molecule is C.CC(=O)Oc1c(C)c(CC=C(C)C)c(OC(C)=O)c2ccccc12.CC(=O)Oc1c(CC=C(C)C)c(C)c(O)c2ccccc12. The van der Waals surface area contributed by atoms with Crippen molar-refractivity contribution in [3.63, 3.8) is 0 Å². The Hall–Kier alpha value is -4.91. The van der Waals surface area contributed by atoms with Gasteiger partial charge in [0.25, 0.3) is 0 Å². The largest absolute Gasteiger partial charge is 0.507 e. The quantitative estimate of drug-likeness (QED) is 0.124. The summed E-state index contributed by atoms with van der Waals surface area (Å²) in [5.74, 6) is 0.735. The van der Waals surface area contributed by atoms with Crippen LogP contribution in [-0.4, -0.2) is 23.0 Å². The van der Waals surface area contributed by atoms with Crippen LogP contribution >= 0.6 is 0 Å². The van der Waals surface area contributed by atoms with Gasteiger partial charge in [-0.3, -0.25) is 14.4 Å². The van der Waals surface area contributed by atoms with Crippen molar-refractivity contribution in [2.75, 3.05) is 0 Å². The van der Waals surface area contributed by atoms with Gasteiger partial charge in [0, 0.05) is 53.4 Å². The van der Waals surface area contributed by atoms with Crippen LogP contribution in [0.25, 0.3) is 21.5 Å². The molecule has 0 spiro atoms. The number of carbonyl (C=O) groups excluding carboxylic acids is 3. The predicted octanol–water partition coefficient (Wildman–Crippen LogP) is 9.43. The zero-order chi connectivity index (χ0) is 33.4. The molecule has 244 valence electrons. The summed E-state index contributed by atoms with van der Waals surface area (Å²) in [6, 6.07) is 14.9. The van der Waals surface area contributed by atoms with Gasteiger partial charge in [-0.25, -0.2) is 0 Å². The van der Waals surface area contributed by atoms with Gasteiger partial charge in [0.1, 0.15) is 23.0 Å². The lowest BCUT2D eigenvalue weighted by Gasteiger charge is -2.18. The highest BCUT2D eigenvalue weighted by Crippen LogP contribution is 2.42. The summed E-state index contributed by atoms with van der Waals surface area (Å²) in [5, 5.41) is 13.4. The van der Waals surface area contributed by atoms with Gasteiger partial charge < -0.3 is 19.3 Å². The van der Waals surface area contributed by atoms with Crippen molar-refractivity contribution in [1.82, 2.24) is 0 Å². The van der Waals surface area contributed by atoms with Gasteiger partial charge >= 0.3 is 17.9 Å². The molecule has 46 heavy (non-hydrogen) atoms. The van der Waals surface area contributed by atoms with E-state index < -0.39 is 0 Å². The standard InChI is InChI=1S/C20H22O4.C18H20O3.CH4/c1-12(2)10-11-16-13(3)19(23-14(4)21)17-8-6-7-9-18(17)20(16)24-15(5)22;1-11(2)9-10-14-12(3)17(20)15-7-5-6-8-16(15)18(14)21-13(4)19;/h6-10H,11H2,1-5H3;5-9,20H,10H2,1-4H3;1H4. The number of phenolic OH excluding ortho intramolecular Hbond substituents is 1. The molecule has 0 heterocycles. The highest BCUT2D eigenvalue weighted by atomic mass is 16.5. The van der Waals surface area contributed by atoms with Gasteiger partial charge in [0.05, 0.1) is 0 Å². The van der Waals surface area contributed by atoms with Crippen LogP contribution in [0.3, 0.4) is 0 Å². The minimum absolute atomic E-state index is 0. The van der Waals surface area contributed by atoms with Crippen LogP contribution in [0.5, 0.6) is 23.0 Å². The lowest BCUT2D eigenvalue weighted by Crippen LogP contribution is -2.09. The first-order valence-electron chi connectivity index (χ1n) is 14.8. The number of ether oxygens (including phenoxy) is 3. The van der Waals surface area contributed by atoms with E-state index in [1.165, 1.54) is 26.3 Å². The summed E-state index contributed by atoms with van der Waals surface area (Å²) in [6.45, 7) is 15.9. The van der Waals surface area contributed by atoms with Crippen molar-refractivity contribution < 1.29 is 33.7 Å². The molecule has 0 aliphatic carbocycles. The molecule has 0 aromatic heterocycles. The third-order valence-electron chi connectivity index (χ3n) is 7.16. The van der Waals surface area contributed by atoms with Crippen molar-refractivity contribution in [1.29, 1.82) is 0 Å². The minimum Gasteiger partial charge on any atom is -0.507 e. The number of rotatable bonds is 7. The Morgan fingerprint density at radius 1 is 0.565 bits per heavy atom. The van der Waals surface area contributed by atoms with Crippen molar-refractivity contribution in [3.05, 3.63) is 94.1 Å². The lowest BCUT2D eigenvalue weighted by molar-refractivity contribution is -0.133. The van der Waals surface area contributed by atoms with E-state index >= 15 is 0 Å². The molecule has 0 saturated heterocycles. The number of hydrogen-bond acceptors (Lipinski definition) is 7. The number of carbonyl (C=O) groups is 3. The maximum atomic E-state index is 11.6. The molecule has 1 N–H and O–H groups in total. The average molecular weight is 627 g/mol. The minimum atomic E-state index is -0.378. The average Bonchev–Trinajstić information content (AvgIpc) is 2.97. The molecule has 4 aromatic rings. The van der Waals surface area contributed by atoms with Crippen LogP contribution in [0.15, 0.2) is 71.8 Å². The van der Waals surface area contributed by atoms with Gasteiger partial charge in [-0.05, 0) is 65.5 Å². The molecule has 0 bridgehead atoms. The highest BCUT2D eigenvalue weighted by molar-refractivity contribution is 5.99. The molecule has 7 nitrogen and oxygen atoms in total. The van der Waals surface area contributed by atoms with Gasteiger partial charge in [-0.15, -0.1) is 0 Å². The summed E-state index contributed by atoms with van der Waals surface area (Å²) in [4.78, 5) is 34.6. The second kappa shape index (κ2) is 16.4. The van der Waals surface area contributed by atoms with E-state index in [2.05, 4.69) is 12.2 Å². The maximum absolute atomic E-state index is 11.6. The second-order valence-electron chi connectivity index (χ2n) is 11.4. The van der Waals surface area contributed by atoms with Gasteiger partial charge in [0.2, 0.25) is 0 Å². The van der Waals surface area contributed by atoms with Crippen LogP contribution in [0.1, 0.15) is 78.1 Å². The number of hydrogen-bond donors (Lipinski definition) is 1. The zero-order valence-electron chi connectivity index (χ0n) is 27.6. The third-order valence-corrected chi connectivity index (χ3v) is 7.16. The third kappa shape index (κ3) is 9.07. The first kappa shape index (κ1) is 37.3. The summed E-state index contributed by atoms with van der Waals surface area (Å²) in [5.41, 5.74) is 5.59. The molecule has 4 rings (SSSR count). The van der Waals surface area contributed by atoms with E-state index in [9.17, 15) is 19.5 Å². The fourth-order valence-electron chi connectivity index (χ4n) is 5.02. The Labute approximate surface area is 272 Å². The number of fused-ring (bicyclic) bond motifs is 2. The Morgan fingerprint density at radius 3 is 1.28 bits per heavy atom. The number of esters is 3. The highest BCUT2D eigenvalue weighted by Gasteiger charge is 2.21. The predicted molar refractivity (Wildman–Crippen MR) is 186 cm³/mol.